The summed E-state index contributed by atoms with van der Waals surface area (Å²) in [7, 11) is 0. The van der Waals surface area contributed by atoms with Crippen molar-refractivity contribution in [1.29, 1.82) is 0 Å². The molecule has 0 aliphatic heterocycles. The van der Waals surface area contributed by atoms with E-state index < -0.39 is 0 Å². The van der Waals surface area contributed by atoms with Crippen molar-refractivity contribution in [2.75, 3.05) is 5.73 Å². The zero-order valence-electron chi connectivity index (χ0n) is 11.0. The summed E-state index contributed by atoms with van der Waals surface area (Å²) in [6.45, 7) is 6.12. The minimum Gasteiger partial charge on any atom is -0.508 e. The predicted octanol–water partition coefficient (Wildman–Crippen LogP) is 2.98. The lowest BCUT2D eigenvalue weighted by molar-refractivity contribution is 0.461. The lowest BCUT2D eigenvalue weighted by Gasteiger charge is -2.13. The first-order valence-electron chi connectivity index (χ1n) is 6.18. The van der Waals surface area contributed by atoms with Crippen LogP contribution in [0, 0.1) is 6.92 Å². The summed E-state index contributed by atoms with van der Waals surface area (Å²) < 4.78 is 1.73. The first-order chi connectivity index (χ1) is 8.54. The third-order valence-electron chi connectivity index (χ3n) is 3.45. The van der Waals surface area contributed by atoms with Gasteiger partial charge in [-0.1, -0.05) is 19.9 Å². The molecular weight excluding hydrogens is 226 g/mol. The van der Waals surface area contributed by atoms with Crippen LogP contribution in [0.4, 0.5) is 5.69 Å². The average Bonchev–Trinajstić information content (AvgIpc) is 2.69. The van der Waals surface area contributed by atoms with Crippen LogP contribution in [0.3, 0.4) is 0 Å². The maximum Gasteiger partial charge on any atom is 0.121 e. The zero-order valence-corrected chi connectivity index (χ0v) is 11.0. The van der Waals surface area contributed by atoms with Gasteiger partial charge < -0.3 is 10.8 Å². The molecule has 4 heteroatoms. The molecule has 0 saturated heterocycles. The molecule has 1 unspecified atom stereocenters. The van der Waals surface area contributed by atoms with E-state index in [0.29, 0.717) is 17.4 Å². The molecule has 3 N–H and O–H groups in total. The minimum absolute atomic E-state index is 0.315. The monoisotopic (exact) mass is 245 g/mol. The summed E-state index contributed by atoms with van der Waals surface area (Å²) in [6.07, 6.45) is 2.62. The molecule has 0 saturated carbocycles. The topological polar surface area (TPSA) is 64.1 Å². The third kappa shape index (κ3) is 2.06. The highest BCUT2D eigenvalue weighted by atomic mass is 16.3. The van der Waals surface area contributed by atoms with Crippen molar-refractivity contribution in [3.8, 4) is 11.4 Å². The van der Waals surface area contributed by atoms with Gasteiger partial charge in [-0.15, -0.1) is 0 Å². The third-order valence-corrected chi connectivity index (χ3v) is 3.45. The van der Waals surface area contributed by atoms with Crippen molar-refractivity contribution in [2.24, 2.45) is 0 Å². The molecule has 1 aromatic heterocycles. The van der Waals surface area contributed by atoms with E-state index in [1.54, 1.807) is 16.9 Å². The van der Waals surface area contributed by atoms with E-state index in [-0.39, 0.29) is 0 Å². The van der Waals surface area contributed by atoms with E-state index in [4.69, 9.17) is 5.73 Å². The molecule has 1 aromatic carbocycles. The van der Waals surface area contributed by atoms with E-state index in [9.17, 15) is 5.11 Å². The summed E-state index contributed by atoms with van der Waals surface area (Å²) >= 11 is 0. The van der Waals surface area contributed by atoms with Gasteiger partial charge in [0.15, 0.2) is 0 Å². The number of nitrogen functional groups attached to an aromatic ring is 1. The van der Waals surface area contributed by atoms with E-state index in [1.165, 1.54) is 0 Å². The number of nitrogens with zero attached hydrogens (tertiary/aromatic N) is 2. The van der Waals surface area contributed by atoms with Crippen LogP contribution < -0.4 is 5.73 Å². The molecule has 2 aromatic rings. The maximum atomic E-state index is 10.1. The lowest BCUT2D eigenvalue weighted by Crippen LogP contribution is -2.01. The van der Waals surface area contributed by atoms with Crippen LogP contribution in [0.15, 0.2) is 24.4 Å². The van der Waals surface area contributed by atoms with Gasteiger partial charge in [0.2, 0.25) is 0 Å². The van der Waals surface area contributed by atoms with Crippen LogP contribution >= 0.6 is 0 Å². The Bertz CT molecular complexity index is 560. The average molecular weight is 245 g/mol. The molecule has 0 fully saturated rings. The normalized spacial score (nSPS) is 12.6. The van der Waals surface area contributed by atoms with Gasteiger partial charge in [0.1, 0.15) is 5.75 Å². The van der Waals surface area contributed by atoms with E-state index >= 15 is 0 Å². The minimum atomic E-state index is 0.315. The molecule has 1 atom stereocenters. The number of nitrogens with two attached hydrogens (primary N) is 1. The van der Waals surface area contributed by atoms with Gasteiger partial charge in [0, 0.05) is 6.07 Å². The summed E-state index contributed by atoms with van der Waals surface area (Å²) in [5.41, 5.74) is 9.10. The Hall–Kier alpha value is -1.97. The van der Waals surface area contributed by atoms with Gasteiger partial charge in [0.05, 0.1) is 23.3 Å². The predicted molar refractivity (Wildman–Crippen MR) is 73.1 cm³/mol. The Balaban J connectivity index is 2.43. The van der Waals surface area contributed by atoms with Crippen molar-refractivity contribution >= 4 is 5.69 Å². The molecule has 2 rings (SSSR count). The fourth-order valence-electron chi connectivity index (χ4n) is 1.98. The van der Waals surface area contributed by atoms with Gasteiger partial charge in [-0.3, -0.25) is 0 Å². The smallest absolute Gasteiger partial charge is 0.121 e. The summed E-state index contributed by atoms with van der Waals surface area (Å²) in [6, 6.07) is 5.65. The largest absolute Gasteiger partial charge is 0.508 e. The fraction of sp³-hybridized carbons (Fsp3) is 0.357. The first-order valence-corrected chi connectivity index (χ1v) is 6.18. The summed E-state index contributed by atoms with van der Waals surface area (Å²) in [5.74, 6) is 0.665. The number of anilines is 1. The summed E-state index contributed by atoms with van der Waals surface area (Å²) in [4.78, 5) is 0. The number of benzene rings is 1. The lowest BCUT2D eigenvalue weighted by atomic mass is 9.97. The molecule has 0 bridgehead atoms. The fourth-order valence-corrected chi connectivity index (χ4v) is 1.98. The molecule has 0 aliphatic carbocycles. The Morgan fingerprint density at radius 3 is 2.67 bits per heavy atom. The van der Waals surface area contributed by atoms with Crippen LogP contribution in [0.5, 0.6) is 5.75 Å². The number of hydrogen-bond donors (Lipinski definition) is 2. The van der Waals surface area contributed by atoms with E-state index in [2.05, 4.69) is 18.9 Å². The van der Waals surface area contributed by atoms with Gasteiger partial charge in [-0.2, -0.15) is 5.10 Å². The van der Waals surface area contributed by atoms with Crippen molar-refractivity contribution in [1.82, 2.24) is 9.78 Å². The number of hydrogen-bond acceptors (Lipinski definition) is 3. The highest BCUT2D eigenvalue weighted by Gasteiger charge is 2.11. The Kier molecular flexibility index (Phi) is 3.28. The standard InChI is InChI=1S/C14H19N3O/c1-4-9(2)12-6-5-11(7-14(12)18)17-10(3)13(15)8-16-17/h5-9,18H,4,15H2,1-3H3. The molecular formula is C14H19N3O. The molecule has 0 radical (unpaired) electrons. The Morgan fingerprint density at radius 1 is 1.44 bits per heavy atom. The molecule has 0 amide bonds. The number of rotatable bonds is 3. The maximum absolute atomic E-state index is 10.1. The van der Waals surface area contributed by atoms with Crippen molar-refractivity contribution in [3.63, 3.8) is 0 Å². The first kappa shape index (κ1) is 12.5. The van der Waals surface area contributed by atoms with Crippen molar-refractivity contribution in [3.05, 3.63) is 35.7 Å². The van der Waals surface area contributed by atoms with Gasteiger partial charge >= 0.3 is 0 Å². The second-order valence-corrected chi connectivity index (χ2v) is 4.65. The number of aromatic hydroxyl groups is 1. The molecule has 96 valence electrons. The van der Waals surface area contributed by atoms with E-state index in [0.717, 1.165) is 23.4 Å². The van der Waals surface area contributed by atoms with Gasteiger partial charge in [0.25, 0.3) is 0 Å². The second kappa shape index (κ2) is 4.72. The Labute approximate surface area is 107 Å². The van der Waals surface area contributed by atoms with Crippen molar-refractivity contribution < 1.29 is 5.11 Å². The van der Waals surface area contributed by atoms with Crippen LogP contribution in [0.25, 0.3) is 5.69 Å². The highest BCUT2D eigenvalue weighted by Crippen LogP contribution is 2.30. The summed E-state index contributed by atoms with van der Waals surface area (Å²) in [5, 5.41) is 14.3. The van der Waals surface area contributed by atoms with Gasteiger partial charge in [-0.05, 0) is 30.9 Å². The van der Waals surface area contributed by atoms with Crippen LogP contribution in [-0.2, 0) is 0 Å². The molecule has 0 aliphatic rings. The van der Waals surface area contributed by atoms with E-state index in [1.807, 2.05) is 19.1 Å². The zero-order chi connectivity index (χ0) is 13.3. The second-order valence-electron chi connectivity index (χ2n) is 4.65. The molecule has 18 heavy (non-hydrogen) atoms. The highest BCUT2D eigenvalue weighted by molar-refractivity contribution is 5.49. The van der Waals surface area contributed by atoms with Crippen LogP contribution in [0.1, 0.15) is 37.4 Å². The van der Waals surface area contributed by atoms with Crippen LogP contribution in [0.2, 0.25) is 0 Å². The quantitative estimate of drug-likeness (QED) is 0.873. The Morgan fingerprint density at radius 2 is 2.17 bits per heavy atom. The molecule has 4 nitrogen and oxygen atoms in total. The SMILES string of the molecule is CCC(C)c1ccc(-n2ncc(N)c2C)cc1O. The van der Waals surface area contributed by atoms with Gasteiger partial charge in [-0.25, -0.2) is 4.68 Å². The molecule has 0 spiro atoms. The number of aromatic nitrogens is 2. The number of phenols is 1. The number of phenolic OH excluding ortho intramolecular Hbond substituents is 1. The van der Waals surface area contributed by atoms with Crippen LogP contribution in [-0.4, -0.2) is 14.9 Å². The van der Waals surface area contributed by atoms with Crippen molar-refractivity contribution in [2.45, 2.75) is 33.1 Å². The molecule has 1 heterocycles.